The van der Waals surface area contributed by atoms with Gasteiger partial charge in [0.2, 0.25) is 15.9 Å². The number of likely N-dealkylation sites (tertiary alicyclic amines) is 1. The molecule has 0 bridgehead atoms. The van der Waals surface area contributed by atoms with E-state index in [0.717, 1.165) is 74.6 Å². The van der Waals surface area contributed by atoms with Crippen molar-refractivity contribution >= 4 is 50.2 Å². The number of fused-ring (bicyclic) bond motifs is 1. The van der Waals surface area contributed by atoms with Crippen LogP contribution in [-0.4, -0.2) is 56.1 Å². The molecule has 1 aliphatic heterocycles. The van der Waals surface area contributed by atoms with Gasteiger partial charge in [-0.3, -0.25) is 9.52 Å². The van der Waals surface area contributed by atoms with Crippen LogP contribution >= 0.6 is 11.6 Å². The molecular weight excluding hydrogens is 532 g/mol. The lowest BCUT2D eigenvalue weighted by molar-refractivity contribution is -0.117. The van der Waals surface area contributed by atoms with E-state index in [0.29, 0.717) is 22.5 Å². The summed E-state index contributed by atoms with van der Waals surface area (Å²) in [5.41, 5.74) is 3.77. The summed E-state index contributed by atoms with van der Waals surface area (Å²) < 4.78 is 25.9. The Kier molecular flexibility index (Phi) is 8.64. The molecular formula is C30H37ClN4O3S. The van der Waals surface area contributed by atoms with Gasteiger partial charge in [-0.2, -0.15) is 0 Å². The van der Waals surface area contributed by atoms with Gasteiger partial charge in [0.25, 0.3) is 0 Å². The Hall–Kier alpha value is -2.81. The fourth-order valence-electron chi connectivity index (χ4n) is 6.06. The number of sulfonamides is 1. The number of benzene rings is 2. The number of halogens is 1. The van der Waals surface area contributed by atoms with Crippen LogP contribution in [0.1, 0.15) is 55.6 Å². The Morgan fingerprint density at radius 2 is 1.82 bits per heavy atom. The van der Waals surface area contributed by atoms with Gasteiger partial charge in [-0.15, -0.1) is 0 Å². The largest absolute Gasteiger partial charge is 0.361 e. The molecule has 208 valence electrons. The van der Waals surface area contributed by atoms with Gasteiger partial charge in [0.05, 0.1) is 6.26 Å². The number of rotatable bonds is 8. The van der Waals surface area contributed by atoms with Gasteiger partial charge in [-0.05, 0) is 105 Å². The van der Waals surface area contributed by atoms with Gasteiger partial charge < -0.3 is 15.2 Å². The Morgan fingerprint density at radius 3 is 2.54 bits per heavy atom. The van der Waals surface area contributed by atoms with Crippen LogP contribution in [0.4, 0.5) is 5.69 Å². The van der Waals surface area contributed by atoms with Crippen LogP contribution in [-0.2, 0) is 14.8 Å². The van der Waals surface area contributed by atoms with Crippen molar-refractivity contribution in [2.45, 2.75) is 50.5 Å². The highest BCUT2D eigenvalue weighted by molar-refractivity contribution is 7.92. The molecule has 5 rings (SSSR count). The standard InChI is InChI=1S/C30H37ClN4O3S/c1-39(37,38)34-25-11-12-29-26(18-25)27(19-32-29)22-14-16-35(17-15-22)20-21-6-9-24(10-7-21)33-30(36)13-8-23-4-2-3-5-28(23)31/h2-5,8,11-13,18-19,21-22,24,32,34H,6-7,9-10,14-17,20H2,1H3,(H,33,36)/b13-8+. The minimum atomic E-state index is -3.31. The molecule has 1 aliphatic carbocycles. The minimum absolute atomic E-state index is 0.0584. The predicted octanol–water partition coefficient (Wildman–Crippen LogP) is 5.76. The minimum Gasteiger partial charge on any atom is -0.361 e. The summed E-state index contributed by atoms with van der Waals surface area (Å²) in [5.74, 6) is 1.08. The summed E-state index contributed by atoms with van der Waals surface area (Å²) in [6, 6.07) is 13.4. The quantitative estimate of drug-likeness (QED) is 0.301. The molecule has 3 aromatic rings. The number of carbonyl (C=O) groups excluding carboxylic acids is 1. The van der Waals surface area contributed by atoms with Gasteiger partial charge in [0.15, 0.2) is 0 Å². The van der Waals surface area contributed by atoms with Crippen LogP contribution in [0.25, 0.3) is 17.0 Å². The average Bonchev–Trinajstić information content (AvgIpc) is 3.32. The van der Waals surface area contributed by atoms with E-state index in [9.17, 15) is 13.2 Å². The normalized spacial score (nSPS) is 21.4. The second-order valence-electron chi connectivity index (χ2n) is 11.0. The first-order valence-electron chi connectivity index (χ1n) is 13.8. The highest BCUT2D eigenvalue weighted by Gasteiger charge is 2.27. The third-order valence-electron chi connectivity index (χ3n) is 8.07. The first-order chi connectivity index (χ1) is 18.7. The molecule has 0 atom stereocenters. The van der Waals surface area contributed by atoms with Crippen molar-refractivity contribution in [1.29, 1.82) is 0 Å². The van der Waals surface area contributed by atoms with Crippen molar-refractivity contribution in [3.8, 4) is 0 Å². The highest BCUT2D eigenvalue weighted by Crippen LogP contribution is 2.35. The summed E-state index contributed by atoms with van der Waals surface area (Å²) >= 11 is 6.17. The number of H-pyrrole nitrogens is 1. The molecule has 2 aliphatic rings. The van der Waals surface area contributed by atoms with Crippen molar-refractivity contribution < 1.29 is 13.2 Å². The number of aromatic nitrogens is 1. The van der Waals surface area contributed by atoms with Gasteiger partial charge >= 0.3 is 0 Å². The van der Waals surface area contributed by atoms with E-state index in [4.69, 9.17) is 11.6 Å². The van der Waals surface area contributed by atoms with Gasteiger partial charge in [-0.1, -0.05) is 29.8 Å². The zero-order chi connectivity index (χ0) is 27.4. The highest BCUT2D eigenvalue weighted by atomic mass is 35.5. The van der Waals surface area contributed by atoms with Crippen molar-refractivity contribution in [3.05, 3.63) is 70.9 Å². The lowest BCUT2D eigenvalue weighted by atomic mass is 9.84. The lowest BCUT2D eigenvalue weighted by Crippen LogP contribution is -2.41. The number of piperidine rings is 1. The number of aromatic amines is 1. The Balaban J connectivity index is 1.07. The fraction of sp³-hybridized carbons (Fsp3) is 0.433. The van der Waals surface area contributed by atoms with Gasteiger partial charge in [0, 0.05) is 46.5 Å². The van der Waals surface area contributed by atoms with E-state index < -0.39 is 10.0 Å². The molecule has 2 fully saturated rings. The van der Waals surface area contributed by atoms with Crippen LogP contribution in [0, 0.1) is 5.92 Å². The molecule has 2 aromatic carbocycles. The maximum atomic E-state index is 12.4. The molecule has 1 saturated heterocycles. The van der Waals surface area contributed by atoms with E-state index in [1.54, 1.807) is 18.2 Å². The maximum Gasteiger partial charge on any atom is 0.244 e. The number of nitrogens with one attached hydrogen (secondary N) is 3. The maximum absolute atomic E-state index is 12.4. The lowest BCUT2D eigenvalue weighted by Gasteiger charge is -2.36. The number of hydrogen-bond donors (Lipinski definition) is 3. The second kappa shape index (κ2) is 12.1. The Morgan fingerprint density at radius 1 is 1.08 bits per heavy atom. The second-order valence-corrected chi connectivity index (χ2v) is 13.2. The molecule has 7 nitrogen and oxygen atoms in total. The summed E-state index contributed by atoms with van der Waals surface area (Å²) in [6.07, 6.45) is 13.1. The first kappa shape index (κ1) is 27.7. The molecule has 2 heterocycles. The first-order valence-corrected chi connectivity index (χ1v) is 16.0. The van der Waals surface area contributed by atoms with Crippen LogP contribution in [0.15, 0.2) is 54.7 Å². The van der Waals surface area contributed by atoms with Crippen molar-refractivity contribution in [2.75, 3.05) is 30.6 Å². The van der Waals surface area contributed by atoms with Crippen LogP contribution in [0.2, 0.25) is 5.02 Å². The summed E-state index contributed by atoms with van der Waals surface area (Å²) in [4.78, 5) is 18.4. The molecule has 1 amide bonds. The monoisotopic (exact) mass is 568 g/mol. The van der Waals surface area contributed by atoms with E-state index in [-0.39, 0.29) is 11.9 Å². The summed E-state index contributed by atoms with van der Waals surface area (Å²) in [5, 5.41) is 4.91. The molecule has 1 saturated carbocycles. The topological polar surface area (TPSA) is 94.3 Å². The fourth-order valence-corrected chi connectivity index (χ4v) is 6.82. The average molecular weight is 569 g/mol. The molecule has 3 N–H and O–H groups in total. The van der Waals surface area contributed by atoms with Crippen LogP contribution in [0.3, 0.4) is 0 Å². The molecule has 39 heavy (non-hydrogen) atoms. The number of hydrogen-bond acceptors (Lipinski definition) is 4. The van der Waals surface area contributed by atoms with Crippen LogP contribution in [0.5, 0.6) is 0 Å². The molecule has 0 unspecified atom stereocenters. The molecule has 1 aromatic heterocycles. The number of nitrogens with zero attached hydrogens (tertiary/aromatic N) is 1. The zero-order valence-electron chi connectivity index (χ0n) is 22.3. The third kappa shape index (κ3) is 7.44. The van der Waals surface area contributed by atoms with E-state index in [1.807, 2.05) is 36.4 Å². The summed E-state index contributed by atoms with van der Waals surface area (Å²) in [7, 11) is -3.31. The Labute approximate surface area is 236 Å². The SMILES string of the molecule is CS(=O)(=O)Nc1ccc2[nH]cc(C3CCN(CC4CCC(NC(=O)/C=C/c5ccccc5Cl)CC4)CC3)c2c1. The van der Waals surface area contributed by atoms with Gasteiger partial charge in [0.1, 0.15) is 0 Å². The van der Waals surface area contributed by atoms with E-state index in [2.05, 4.69) is 26.1 Å². The zero-order valence-corrected chi connectivity index (χ0v) is 23.9. The number of anilines is 1. The summed E-state index contributed by atoms with van der Waals surface area (Å²) in [6.45, 7) is 3.26. The third-order valence-corrected chi connectivity index (χ3v) is 9.02. The predicted molar refractivity (Wildman–Crippen MR) is 160 cm³/mol. The van der Waals surface area contributed by atoms with Crippen molar-refractivity contribution in [1.82, 2.24) is 15.2 Å². The van der Waals surface area contributed by atoms with Crippen LogP contribution < -0.4 is 10.0 Å². The molecule has 9 heteroatoms. The number of amides is 1. The van der Waals surface area contributed by atoms with E-state index >= 15 is 0 Å². The Bertz CT molecular complexity index is 1440. The molecule has 0 spiro atoms. The van der Waals surface area contributed by atoms with Gasteiger partial charge in [-0.25, -0.2) is 8.42 Å². The van der Waals surface area contributed by atoms with Crippen molar-refractivity contribution in [3.63, 3.8) is 0 Å². The van der Waals surface area contributed by atoms with Crippen molar-refractivity contribution in [2.24, 2.45) is 5.92 Å². The number of carbonyl (C=O) groups is 1. The smallest absolute Gasteiger partial charge is 0.244 e. The van der Waals surface area contributed by atoms with E-state index in [1.165, 1.54) is 11.8 Å². The molecule has 0 radical (unpaired) electrons.